The van der Waals surface area contributed by atoms with Crippen molar-refractivity contribution in [1.29, 1.82) is 0 Å². The maximum atomic E-state index is 6.60. The van der Waals surface area contributed by atoms with Crippen LogP contribution >= 0.6 is 0 Å². The topological polar surface area (TPSA) is 39.4 Å². The first-order chi connectivity index (χ1) is 29.4. The van der Waals surface area contributed by atoms with Crippen LogP contribution in [0.3, 0.4) is 0 Å². The minimum atomic E-state index is -0.209. The number of fused-ring (bicyclic) bond motifs is 13. The molecule has 0 bridgehead atoms. The lowest BCUT2D eigenvalue weighted by atomic mass is 9.81. The van der Waals surface area contributed by atoms with Crippen molar-refractivity contribution < 1.29 is 13.3 Å². The fourth-order valence-corrected chi connectivity index (χ4v) is 9.99. The Hall–Kier alpha value is -7.62. The van der Waals surface area contributed by atoms with Crippen LogP contribution in [-0.2, 0) is 5.41 Å². The standard InChI is InChI=1S/C57H36O3/c1-57(2)47-20-26-54-56(46-31-39(18-25-53(46)60-54)37-16-23-51-44(29-37)42-27-35(14-21-49(42)58-51)33-9-5-3-6-10-33)55(47)41-19-13-40(32-48(41)57)38-17-24-52-45(30-38)43-28-36(15-22-50(43)59-52)34-11-7-4-8-12-34/h3-32H,1-2H3. The summed E-state index contributed by atoms with van der Waals surface area (Å²) in [5.74, 6) is 0. The largest absolute Gasteiger partial charge is 0.456 e. The average Bonchev–Trinajstić information content (AvgIpc) is 4.03. The van der Waals surface area contributed by atoms with Gasteiger partial charge in [-0.2, -0.15) is 0 Å². The van der Waals surface area contributed by atoms with Gasteiger partial charge in [-0.25, -0.2) is 0 Å². The summed E-state index contributed by atoms with van der Waals surface area (Å²) in [6, 6.07) is 65.3. The van der Waals surface area contributed by atoms with Crippen LogP contribution in [0.2, 0.25) is 0 Å². The van der Waals surface area contributed by atoms with Crippen molar-refractivity contribution >= 4 is 65.8 Å². The SMILES string of the molecule is CC1(C)c2cc(-c3ccc4oc5ccc(-c6ccccc6)cc5c4c3)ccc2-c2c1ccc1oc3ccc(-c4ccc5oc6ccc(-c7ccccc7)cc6c5c4)cc3c21. The van der Waals surface area contributed by atoms with Crippen LogP contribution in [0.15, 0.2) is 195 Å². The average molecular weight is 769 g/mol. The van der Waals surface area contributed by atoms with E-state index in [4.69, 9.17) is 13.3 Å². The van der Waals surface area contributed by atoms with Gasteiger partial charge in [-0.3, -0.25) is 0 Å². The summed E-state index contributed by atoms with van der Waals surface area (Å²) >= 11 is 0. The molecule has 0 N–H and O–H groups in total. The predicted molar refractivity (Wildman–Crippen MR) is 248 cm³/mol. The first-order valence-electron chi connectivity index (χ1n) is 20.6. The summed E-state index contributed by atoms with van der Waals surface area (Å²) in [7, 11) is 0. The summed E-state index contributed by atoms with van der Waals surface area (Å²) in [6.07, 6.45) is 0. The third kappa shape index (κ3) is 4.84. The maximum absolute atomic E-state index is 6.60. The smallest absolute Gasteiger partial charge is 0.136 e. The van der Waals surface area contributed by atoms with Gasteiger partial charge in [-0.1, -0.05) is 123 Å². The van der Waals surface area contributed by atoms with E-state index in [9.17, 15) is 0 Å². The molecule has 9 aromatic carbocycles. The molecule has 0 amide bonds. The molecular formula is C57H36O3. The molecule has 0 saturated carbocycles. The highest BCUT2D eigenvalue weighted by Gasteiger charge is 2.37. The molecule has 0 saturated heterocycles. The Morgan fingerprint density at radius 2 is 0.667 bits per heavy atom. The zero-order valence-corrected chi connectivity index (χ0v) is 33.0. The van der Waals surface area contributed by atoms with Crippen LogP contribution in [0, 0.1) is 0 Å². The van der Waals surface area contributed by atoms with Crippen LogP contribution in [0.5, 0.6) is 0 Å². The number of benzene rings is 9. The van der Waals surface area contributed by atoms with E-state index in [1.54, 1.807) is 0 Å². The Morgan fingerprint density at radius 3 is 1.15 bits per heavy atom. The van der Waals surface area contributed by atoms with E-state index >= 15 is 0 Å². The predicted octanol–water partition coefficient (Wildman–Crippen LogP) is 16.4. The van der Waals surface area contributed by atoms with Gasteiger partial charge >= 0.3 is 0 Å². The first-order valence-corrected chi connectivity index (χ1v) is 20.6. The maximum Gasteiger partial charge on any atom is 0.136 e. The molecule has 0 spiro atoms. The Bertz CT molecular complexity index is 3730. The number of furan rings is 3. The summed E-state index contributed by atoms with van der Waals surface area (Å²) in [6.45, 7) is 4.71. The van der Waals surface area contributed by atoms with E-state index < -0.39 is 0 Å². The van der Waals surface area contributed by atoms with E-state index in [1.165, 1.54) is 61.0 Å². The fraction of sp³-hybridized carbons (Fsp3) is 0.0526. The molecule has 3 heterocycles. The monoisotopic (exact) mass is 768 g/mol. The Balaban J connectivity index is 0.923. The zero-order valence-electron chi connectivity index (χ0n) is 33.0. The van der Waals surface area contributed by atoms with E-state index in [2.05, 4.69) is 196 Å². The third-order valence-electron chi connectivity index (χ3n) is 13.1. The van der Waals surface area contributed by atoms with Crippen LogP contribution in [0.25, 0.3) is 121 Å². The van der Waals surface area contributed by atoms with Gasteiger partial charge in [0.1, 0.15) is 33.5 Å². The van der Waals surface area contributed by atoms with Crippen LogP contribution in [0.4, 0.5) is 0 Å². The number of rotatable bonds is 4. The molecule has 0 fully saturated rings. The Morgan fingerprint density at radius 1 is 0.300 bits per heavy atom. The molecule has 0 aliphatic heterocycles. The second kappa shape index (κ2) is 12.2. The molecule has 282 valence electrons. The molecule has 60 heavy (non-hydrogen) atoms. The van der Waals surface area contributed by atoms with Gasteiger partial charge in [0, 0.05) is 37.7 Å². The van der Waals surface area contributed by atoms with Gasteiger partial charge in [-0.15, -0.1) is 0 Å². The highest BCUT2D eigenvalue weighted by atomic mass is 16.3. The molecule has 3 aromatic heterocycles. The van der Waals surface area contributed by atoms with E-state index in [1.807, 2.05) is 0 Å². The molecule has 1 aliphatic carbocycles. The van der Waals surface area contributed by atoms with Crippen molar-refractivity contribution in [2.24, 2.45) is 0 Å². The van der Waals surface area contributed by atoms with Crippen molar-refractivity contribution in [2.45, 2.75) is 19.3 Å². The van der Waals surface area contributed by atoms with Crippen LogP contribution < -0.4 is 0 Å². The zero-order chi connectivity index (χ0) is 39.7. The highest BCUT2D eigenvalue weighted by Crippen LogP contribution is 2.54. The van der Waals surface area contributed by atoms with Gasteiger partial charge in [0.2, 0.25) is 0 Å². The van der Waals surface area contributed by atoms with E-state index in [0.717, 1.165) is 71.6 Å². The normalized spacial score (nSPS) is 13.3. The van der Waals surface area contributed by atoms with Gasteiger partial charge in [0.25, 0.3) is 0 Å². The lowest BCUT2D eigenvalue weighted by molar-refractivity contribution is 0.656. The highest BCUT2D eigenvalue weighted by molar-refractivity contribution is 6.16. The Labute approximate surface area is 345 Å². The lowest BCUT2D eigenvalue weighted by Crippen LogP contribution is -2.14. The minimum Gasteiger partial charge on any atom is -0.456 e. The van der Waals surface area contributed by atoms with Gasteiger partial charge < -0.3 is 13.3 Å². The Kier molecular flexibility index (Phi) is 6.78. The van der Waals surface area contributed by atoms with Crippen molar-refractivity contribution in [3.8, 4) is 55.6 Å². The molecule has 3 heteroatoms. The molecule has 0 atom stereocenters. The fourth-order valence-electron chi connectivity index (χ4n) is 9.99. The molecule has 13 rings (SSSR count). The lowest BCUT2D eigenvalue weighted by Gasteiger charge is -2.22. The molecule has 1 aliphatic rings. The molecule has 12 aromatic rings. The van der Waals surface area contributed by atoms with Crippen LogP contribution in [0.1, 0.15) is 25.0 Å². The summed E-state index contributed by atoms with van der Waals surface area (Å²) in [5, 5.41) is 6.79. The second-order valence-corrected chi connectivity index (χ2v) is 16.8. The minimum absolute atomic E-state index is 0.209. The van der Waals surface area contributed by atoms with Crippen molar-refractivity contribution in [1.82, 2.24) is 0 Å². The molecule has 3 nitrogen and oxygen atoms in total. The van der Waals surface area contributed by atoms with E-state index in [0.29, 0.717) is 0 Å². The second-order valence-electron chi connectivity index (χ2n) is 16.8. The summed E-state index contributed by atoms with van der Waals surface area (Å²) in [4.78, 5) is 0. The van der Waals surface area contributed by atoms with E-state index in [-0.39, 0.29) is 5.41 Å². The van der Waals surface area contributed by atoms with Crippen molar-refractivity contribution in [2.75, 3.05) is 0 Å². The third-order valence-corrected chi connectivity index (χ3v) is 13.1. The van der Waals surface area contributed by atoms with Gasteiger partial charge in [-0.05, 0) is 140 Å². The molecular weight excluding hydrogens is 733 g/mol. The van der Waals surface area contributed by atoms with Crippen molar-refractivity contribution in [3.63, 3.8) is 0 Å². The number of hydrogen-bond donors (Lipinski definition) is 0. The number of hydrogen-bond acceptors (Lipinski definition) is 3. The summed E-state index contributed by atoms with van der Waals surface area (Å²) < 4.78 is 19.2. The van der Waals surface area contributed by atoms with Crippen molar-refractivity contribution in [3.05, 3.63) is 193 Å². The first kappa shape index (κ1) is 33.4. The summed E-state index contributed by atoms with van der Waals surface area (Å²) in [5.41, 5.74) is 19.8. The molecule has 0 unspecified atom stereocenters. The van der Waals surface area contributed by atoms with Crippen LogP contribution in [-0.4, -0.2) is 0 Å². The van der Waals surface area contributed by atoms with Gasteiger partial charge in [0.15, 0.2) is 0 Å². The van der Waals surface area contributed by atoms with Gasteiger partial charge in [0.05, 0.1) is 0 Å². The molecule has 0 radical (unpaired) electrons. The quantitative estimate of drug-likeness (QED) is 0.179.